The number of carbonyl (C=O) groups is 3. The highest BCUT2D eigenvalue weighted by Gasteiger charge is 2.27. The molecule has 3 aromatic carbocycles. The number of hydrogen-bond acceptors (Lipinski definition) is 8. The molecule has 0 saturated carbocycles. The summed E-state index contributed by atoms with van der Waals surface area (Å²) >= 11 is 0. The van der Waals surface area contributed by atoms with Crippen LogP contribution in [-0.2, 0) is 22.4 Å². The van der Waals surface area contributed by atoms with E-state index < -0.39 is 11.4 Å². The minimum atomic E-state index is -0.571. The van der Waals surface area contributed by atoms with Crippen molar-refractivity contribution in [1.82, 2.24) is 0 Å². The second-order valence-electron chi connectivity index (χ2n) is 11.5. The number of hydrogen-bond donors (Lipinski definition) is 1. The van der Waals surface area contributed by atoms with Crippen molar-refractivity contribution in [2.24, 2.45) is 5.41 Å². The number of carbonyl (C=O) groups excluding carboxylic acids is 3. The second kappa shape index (κ2) is 13.1. The number of anilines is 1. The molecule has 0 amide bonds. The Hall–Kier alpha value is -4.33. The van der Waals surface area contributed by atoms with Gasteiger partial charge in [0.15, 0.2) is 17.3 Å². The lowest BCUT2D eigenvalue weighted by Crippen LogP contribution is -2.25. The van der Waals surface area contributed by atoms with Crippen LogP contribution < -0.4 is 24.3 Å². The largest absolute Gasteiger partial charge is 0.493 e. The number of esters is 2. The Morgan fingerprint density at radius 2 is 1.52 bits per heavy atom. The number of benzene rings is 3. The zero-order valence-corrected chi connectivity index (χ0v) is 25.2. The van der Waals surface area contributed by atoms with Gasteiger partial charge in [0.05, 0.1) is 19.6 Å². The molecule has 3 aromatic rings. The van der Waals surface area contributed by atoms with Gasteiger partial charge in [0.25, 0.3) is 0 Å². The first-order valence-corrected chi connectivity index (χ1v) is 14.1. The molecule has 0 heterocycles. The molecule has 42 heavy (non-hydrogen) atoms. The van der Waals surface area contributed by atoms with Crippen molar-refractivity contribution < 1.29 is 33.3 Å². The molecule has 1 N–H and O–H groups in total. The molecule has 0 fully saturated rings. The molecule has 1 atom stereocenters. The standard InChI is InChI=1S/C34H39NO7/c1-21(36)41-26-12-9-22(10-13-26)30(37)15-16-35-29-20-32(40-6)31(39-5)19-28(29)25-8-7-24-18-27(14-11-23(24)17-25)42-33(38)34(2,3)4/h9-14,18-20,25,35H,7-8,15-17H2,1-6H3/t25-/m1/s1. The van der Waals surface area contributed by atoms with Gasteiger partial charge in [0.2, 0.25) is 0 Å². The van der Waals surface area contributed by atoms with Crippen LogP contribution in [0, 0.1) is 5.41 Å². The van der Waals surface area contributed by atoms with Crippen molar-refractivity contribution in [3.8, 4) is 23.0 Å². The van der Waals surface area contributed by atoms with E-state index in [0.29, 0.717) is 35.1 Å². The highest BCUT2D eigenvalue weighted by atomic mass is 16.5. The minimum Gasteiger partial charge on any atom is -0.493 e. The van der Waals surface area contributed by atoms with Crippen LogP contribution in [0.25, 0.3) is 0 Å². The fourth-order valence-corrected chi connectivity index (χ4v) is 5.04. The van der Waals surface area contributed by atoms with E-state index in [4.69, 9.17) is 18.9 Å². The van der Waals surface area contributed by atoms with Crippen molar-refractivity contribution in [2.45, 2.75) is 59.3 Å². The van der Waals surface area contributed by atoms with Crippen LogP contribution in [0.2, 0.25) is 0 Å². The summed E-state index contributed by atoms with van der Waals surface area (Å²) in [7, 11) is 3.22. The Balaban J connectivity index is 1.48. The predicted molar refractivity (Wildman–Crippen MR) is 161 cm³/mol. The van der Waals surface area contributed by atoms with Gasteiger partial charge in [-0.2, -0.15) is 0 Å². The normalized spacial score (nSPS) is 14.4. The highest BCUT2D eigenvalue weighted by molar-refractivity contribution is 5.96. The number of ether oxygens (including phenoxy) is 4. The first kappa shape index (κ1) is 30.6. The van der Waals surface area contributed by atoms with Crippen LogP contribution in [-0.4, -0.2) is 38.5 Å². The average molecular weight is 574 g/mol. The van der Waals surface area contributed by atoms with Crippen LogP contribution in [0.1, 0.15) is 73.5 Å². The molecule has 0 unspecified atom stereocenters. The lowest BCUT2D eigenvalue weighted by Gasteiger charge is -2.28. The van der Waals surface area contributed by atoms with Gasteiger partial charge in [-0.05, 0) is 105 Å². The Morgan fingerprint density at radius 3 is 2.17 bits per heavy atom. The first-order valence-electron chi connectivity index (χ1n) is 14.1. The molecule has 0 spiro atoms. The van der Waals surface area contributed by atoms with Crippen molar-refractivity contribution in [3.05, 3.63) is 76.9 Å². The Labute approximate surface area is 247 Å². The van der Waals surface area contributed by atoms with E-state index in [9.17, 15) is 14.4 Å². The highest BCUT2D eigenvalue weighted by Crippen LogP contribution is 2.42. The molecular weight excluding hydrogens is 534 g/mol. The molecule has 4 rings (SSSR count). The van der Waals surface area contributed by atoms with Crippen LogP contribution in [0.5, 0.6) is 23.0 Å². The van der Waals surface area contributed by atoms with Gasteiger partial charge >= 0.3 is 11.9 Å². The van der Waals surface area contributed by atoms with Crippen LogP contribution in [0.15, 0.2) is 54.6 Å². The number of fused-ring (bicyclic) bond motifs is 1. The molecule has 1 aliphatic rings. The molecule has 8 nitrogen and oxygen atoms in total. The van der Waals surface area contributed by atoms with Gasteiger partial charge in [-0.15, -0.1) is 0 Å². The van der Waals surface area contributed by atoms with Gasteiger partial charge in [-0.1, -0.05) is 6.07 Å². The van der Waals surface area contributed by atoms with Crippen molar-refractivity contribution >= 4 is 23.4 Å². The molecule has 0 saturated heterocycles. The van der Waals surface area contributed by atoms with Crippen LogP contribution in [0.3, 0.4) is 0 Å². The SMILES string of the molecule is COc1cc(NCCC(=O)c2ccc(OC(C)=O)cc2)c([C@@H]2CCc3cc(OC(=O)C(C)(C)C)ccc3C2)cc1OC. The van der Waals surface area contributed by atoms with Gasteiger partial charge in [0, 0.05) is 37.2 Å². The summed E-state index contributed by atoms with van der Waals surface area (Å²) in [6, 6.07) is 16.4. The van der Waals surface area contributed by atoms with E-state index in [1.165, 1.54) is 18.1 Å². The zero-order chi connectivity index (χ0) is 30.4. The van der Waals surface area contributed by atoms with Gasteiger partial charge in [-0.25, -0.2) is 0 Å². The van der Waals surface area contributed by atoms with E-state index in [2.05, 4.69) is 5.32 Å². The smallest absolute Gasteiger partial charge is 0.316 e. The third-order valence-corrected chi connectivity index (χ3v) is 7.33. The monoisotopic (exact) mass is 573 g/mol. The maximum Gasteiger partial charge on any atom is 0.316 e. The first-order chi connectivity index (χ1) is 20.0. The fraction of sp³-hybridized carbons (Fsp3) is 0.382. The number of aryl methyl sites for hydroxylation is 1. The van der Waals surface area contributed by atoms with Crippen LogP contribution in [0.4, 0.5) is 5.69 Å². The molecule has 8 heteroatoms. The number of nitrogens with one attached hydrogen (secondary N) is 1. The van der Waals surface area contributed by atoms with Crippen molar-refractivity contribution in [2.75, 3.05) is 26.1 Å². The fourth-order valence-electron chi connectivity index (χ4n) is 5.04. The van der Waals surface area contributed by atoms with Gasteiger partial charge < -0.3 is 24.3 Å². The predicted octanol–water partition coefficient (Wildman–Crippen LogP) is 6.54. The second-order valence-corrected chi connectivity index (χ2v) is 11.5. The summed E-state index contributed by atoms with van der Waals surface area (Å²) in [6.45, 7) is 7.29. The quantitative estimate of drug-likeness (QED) is 0.166. The lowest BCUT2D eigenvalue weighted by atomic mass is 9.79. The maximum absolute atomic E-state index is 12.8. The van der Waals surface area contributed by atoms with E-state index in [-0.39, 0.29) is 24.1 Å². The minimum absolute atomic E-state index is 0.0199. The number of methoxy groups -OCH3 is 2. The van der Waals surface area contributed by atoms with Gasteiger partial charge in [0.1, 0.15) is 11.5 Å². The molecule has 0 aromatic heterocycles. The summed E-state index contributed by atoms with van der Waals surface area (Å²) in [6.07, 6.45) is 2.85. The van der Waals surface area contributed by atoms with E-state index in [1.54, 1.807) is 38.5 Å². The molecule has 1 aliphatic carbocycles. The Morgan fingerprint density at radius 1 is 0.857 bits per heavy atom. The van der Waals surface area contributed by atoms with Crippen molar-refractivity contribution in [3.63, 3.8) is 0 Å². The number of rotatable bonds is 10. The van der Waals surface area contributed by atoms with E-state index >= 15 is 0 Å². The van der Waals surface area contributed by atoms with E-state index in [1.807, 2.05) is 51.1 Å². The van der Waals surface area contributed by atoms with E-state index in [0.717, 1.165) is 30.5 Å². The number of ketones is 1. The zero-order valence-electron chi connectivity index (χ0n) is 25.2. The van der Waals surface area contributed by atoms with Crippen molar-refractivity contribution in [1.29, 1.82) is 0 Å². The Kier molecular flexibility index (Phi) is 9.55. The molecule has 0 bridgehead atoms. The molecule has 0 radical (unpaired) electrons. The topological polar surface area (TPSA) is 100 Å². The number of Topliss-reactive ketones (excluding diaryl/α,β-unsaturated/α-hetero) is 1. The average Bonchev–Trinajstić information content (AvgIpc) is 2.96. The molecular formula is C34H39NO7. The summed E-state index contributed by atoms with van der Waals surface area (Å²) in [5.74, 6) is 1.77. The third-order valence-electron chi connectivity index (χ3n) is 7.33. The molecule has 222 valence electrons. The summed E-state index contributed by atoms with van der Waals surface area (Å²) in [5.41, 5.74) is 4.38. The van der Waals surface area contributed by atoms with Crippen LogP contribution >= 0.6 is 0 Å². The lowest BCUT2D eigenvalue weighted by molar-refractivity contribution is -0.143. The Bertz CT molecular complexity index is 1450. The maximum atomic E-state index is 12.8. The summed E-state index contributed by atoms with van der Waals surface area (Å²) < 4.78 is 21.9. The summed E-state index contributed by atoms with van der Waals surface area (Å²) in [5, 5.41) is 3.46. The third kappa shape index (κ3) is 7.49. The summed E-state index contributed by atoms with van der Waals surface area (Å²) in [4.78, 5) is 36.3. The molecule has 0 aliphatic heterocycles. The van der Waals surface area contributed by atoms with Gasteiger partial charge in [-0.3, -0.25) is 14.4 Å².